The van der Waals surface area contributed by atoms with Crippen LogP contribution in [0.1, 0.15) is 0 Å². The van der Waals surface area contributed by atoms with Crippen LogP contribution in [-0.2, 0) is 0 Å². The predicted molar refractivity (Wildman–Crippen MR) is 82.4 cm³/mol. The first-order valence-corrected chi connectivity index (χ1v) is 6.56. The van der Waals surface area contributed by atoms with Gasteiger partial charge in [-0.05, 0) is 0 Å². The van der Waals surface area contributed by atoms with E-state index < -0.39 is 10.6 Å². The van der Waals surface area contributed by atoms with Gasteiger partial charge < -0.3 is 0 Å². The molecule has 2 aromatic carbocycles. The molecule has 22 heavy (non-hydrogen) atoms. The summed E-state index contributed by atoms with van der Waals surface area (Å²) in [6.07, 6.45) is 0. The SMILES string of the molecule is O=c1nc(-c2ccccc2)c([N+](=O)[O-])c(-c2ccccc2)[nH]1. The number of H-pyrrole nitrogens is 1. The van der Waals surface area contributed by atoms with Gasteiger partial charge in [0.25, 0.3) is 0 Å². The van der Waals surface area contributed by atoms with Gasteiger partial charge in [0, 0.05) is 11.1 Å². The normalized spacial score (nSPS) is 10.4. The predicted octanol–water partition coefficient (Wildman–Crippen LogP) is 3.01. The van der Waals surface area contributed by atoms with Gasteiger partial charge in [0.15, 0.2) is 5.69 Å². The minimum absolute atomic E-state index is 0.0632. The third-order valence-corrected chi connectivity index (χ3v) is 3.20. The van der Waals surface area contributed by atoms with Crippen molar-refractivity contribution in [3.8, 4) is 22.5 Å². The van der Waals surface area contributed by atoms with Crippen LogP contribution < -0.4 is 5.69 Å². The molecule has 1 aromatic heterocycles. The van der Waals surface area contributed by atoms with Crippen LogP contribution >= 0.6 is 0 Å². The number of hydrogen-bond acceptors (Lipinski definition) is 4. The number of hydrogen-bond donors (Lipinski definition) is 1. The first-order valence-electron chi connectivity index (χ1n) is 6.56. The van der Waals surface area contributed by atoms with E-state index in [1.54, 1.807) is 60.7 Å². The van der Waals surface area contributed by atoms with Crippen LogP contribution in [0.4, 0.5) is 5.69 Å². The van der Waals surface area contributed by atoms with Gasteiger partial charge in [-0.1, -0.05) is 60.7 Å². The van der Waals surface area contributed by atoms with Gasteiger partial charge in [-0.2, -0.15) is 4.98 Å². The largest absolute Gasteiger partial charge is 0.346 e. The van der Waals surface area contributed by atoms with Crippen LogP contribution in [0, 0.1) is 10.1 Å². The van der Waals surface area contributed by atoms with Gasteiger partial charge in [-0.25, -0.2) is 4.79 Å². The van der Waals surface area contributed by atoms with Gasteiger partial charge in [0.1, 0.15) is 5.69 Å². The topological polar surface area (TPSA) is 88.9 Å². The van der Waals surface area contributed by atoms with Crippen molar-refractivity contribution in [2.45, 2.75) is 0 Å². The van der Waals surface area contributed by atoms with E-state index in [4.69, 9.17) is 0 Å². The number of nitrogens with zero attached hydrogens (tertiary/aromatic N) is 2. The maximum absolute atomic E-state index is 11.8. The second kappa shape index (κ2) is 5.61. The van der Waals surface area contributed by atoms with Crippen molar-refractivity contribution in [3.05, 3.63) is 81.3 Å². The van der Waals surface area contributed by atoms with Crippen LogP contribution in [0.15, 0.2) is 65.5 Å². The highest BCUT2D eigenvalue weighted by Crippen LogP contribution is 2.34. The fourth-order valence-electron chi connectivity index (χ4n) is 2.26. The van der Waals surface area contributed by atoms with E-state index in [2.05, 4.69) is 9.97 Å². The van der Waals surface area contributed by atoms with Gasteiger partial charge in [0.2, 0.25) is 0 Å². The Morgan fingerprint density at radius 2 is 1.45 bits per heavy atom. The lowest BCUT2D eigenvalue weighted by molar-refractivity contribution is -0.383. The molecule has 1 N–H and O–H groups in total. The third kappa shape index (κ3) is 2.49. The number of aromatic nitrogens is 2. The van der Waals surface area contributed by atoms with E-state index in [1.807, 2.05) is 0 Å². The van der Waals surface area contributed by atoms with Crippen LogP contribution in [-0.4, -0.2) is 14.9 Å². The van der Waals surface area contributed by atoms with Crippen LogP contribution in [0.3, 0.4) is 0 Å². The third-order valence-electron chi connectivity index (χ3n) is 3.20. The quantitative estimate of drug-likeness (QED) is 0.593. The van der Waals surface area contributed by atoms with Crippen LogP contribution in [0.25, 0.3) is 22.5 Å². The lowest BCUT2D eigenvalue weighted by Gasteiger charge is -2.07. The molecule has 0 aliphatic carbocycles. The Balaban J connectivity index is 2.35. The lowest BCUT2D eigenvalue weighted by atomic mass is 10.1. The van der Waals surface area contributed by atoms with E-state index in [-0.39, 0.29) is 17.1 Å². The zero-order chi connectivity index (χ0) is 15.5. The molecular weight excluding hydrogens is 282 g/mol. The molecule has 108 valence electrons. The number of nitro groups is 1. The molecule has 0 unspecified atom stereocenters. The molecule has 0 radical (unpaired) electrons. The first kappa shape index (κ1) is 13.7. The Morgan fingerprint density at radius 1 is 0.909 bits per heavy atom. The van der Waals surface area contributed by atoms with Crippen LogP contribution in [0.2, 0.25) is 0 Å². The minimum Gasteiger partial charge on any atom is -0.299 e. The smallest absolute Gasteiger partial charge is 0.299 e. The summed E-state index contributed by atoms with van der Waals surface area (Å²) >= 11 is 0. The van der Waals surface area contributed by atoms with Crippen molar-refractivity contribution >= 4 is 5.69 Å². The molecule has 3 rings (SSSR count). The Kier molecular flexibility index (Phi) is 3.49. The first-order chi connectivity index (χ1) is 10.7. The van der Waals surface area contributed by atoms with E-state index in [0.717, 1.165) is 0 Å². The van der Waals surface area contributed by atoms with Gasteiger partial charge in [-0.3, -0.25) is 15.1 Å². The van der Waals surface area contributed by atoms with Crippen molar-refractivity contribution < 1.29 is 4.92 Å². The maximum atomic E-state index is 11.8. The Bertz CT molecular complexity index is 810. The van der Waals surface area contributed by atoms with E-state index in [0.29, 0.717) is 11.1 Å². The van der Waals surface area contributed by atoms with Crippen molar-refractivity contribution in [2.24, 2.45) is 0 Å². The number of rotatable bonds is 3. The molecule has 1 heterocycles. The highest BCUT2D eigenvalue weighted by Gasteiger charge is 2.25. The van der Waals surface area contributed by atoms with Crippen molar-refractivity contribution in [1.29, 1.82) is 0 Å². The molecule has 6 nitrogen and oxygen atoms in total. The van der Waals surface area contributed by atoms with Crippen molar-refractivity contribution in [2.75, 3.05) is 0 Å². The minimum atomic E-state index is -0.622. The molecule has 0 spiro atoms. The fourth-order valence-corrected chi connectivity index (χ4v) is 2.26. The average Bonchev–Trinajstić information content (AvgIpc) is 2.55. The second-order valence-electron chi connectivity index (χ2n) is 4.60. The number of aromatic amines is 1. The number of nitrogens with one attached hydrogen (secondary N) is 1. The Morgan fingerprint density at radius 3 is 2.00 bits per heavy atom. The molecule has 0 atom stereocenters. The van der Waals surface area contributed by atoms with Crippen molar-refractivity contribution in [1.82, 2.24) is 9.97 Å². The summed E-state index contributed by atoms with van der Waals surface area (Å²) in [5.74, 6) is 0. The maximum Gasteiger partial charge on any atom is 0.346 e. The van der Waals surface area contributed by atoms with E-state index in [9.17, 15) is 14.9 Å². The van der Waals surface area contributed by atoms with Crippen molar-refractivity contribution in [3.63, 3.8) is 0 Å². The molecule has 6 heteroatoms. The summed E-state index contributed by atoms with van der Waals surface area (Å²) in [5, 5.41) is 11.5. The molecule has 0 aliphatic rings. The Labute approximate surface area is 125 Å². The molecule has 0 fully saturated rings. The highest BCUT2D eigenvalue weighted by atomic mass is 16.6. The average molecular weight is 293 g/mol. The molecule has 0 amide bonds. The Hall–Kier alpha value is -3.28. The van der Waals surface area contributed by atoms with Crippen LogP contribution in [0.5, 0.6) is 0 Å². The molecular formula is C16H11N3O3. The summed E-state index contributed by atoms with van der Waals surface area (Å²) in [4.78, 5) is 29.1. The van der Waals surface area contributed by atoms with Gasteiger partial charge >= 0.3 is 11.4 Å². The highest BCUT2D eigenvalue weighted by molar-refractivity contribution is 5.80. The summed E-state index contributed by atoms with van der Waals surface area (Å²) in [7, 11) is 0. The molecule has 3 aromatic rings. The zero-order valence-corrected chi connectivity index (χ0v) is 11.4. The molecule has 0 aliphatic heterocycles. The van der Waals surface area contributed by atoms with E-state index in [1.165, 1.54) is 0 Å². The molecule has 0 saturated heterocycles. The summed E-state index contributed by atoms with van der Waals surface area (Å²) in [6, 6.07) is 17.3. The van der Waals surface area contributed by atoms with E-state index >= 15 is 0 Å². The standard InChI is InChI=1S/C16H11N3O3/c20-16-17-13(11-7-3-1-4-8-11)15(19(21)22)14(18-16)12-9-5-2-6-10-12/h1-10H,(H,17,18,20). The molecule has 0 saturated carbocycles. The zero-order valence-electron chi connectivity index (χ0n) is 11.4. The summed E-state index contributed by atoms with van der Waals surface area (Å²) < 4.78 is 0. The lowest BCUT2D eigenvalue weighted by Crippen LogP contribution is -2.15. The molecule has 0 bridgehead atoms. The van der Waals surface area contributed by atoms with Gasteiger partial charge in [-0.15, -0.1) is 0 Å². The summed E-state index contributed by atoms with van der Waals surface area (Å²) in [5.41, 5.74) is 0.473. The summed E-state index contributed by atoms with van der Waals surface area (Å²) in [6.45, 7) is 0. The fraction of sp³-hybridized carbons (Fsp3) is 0. The van der Waals surface area contributed by atoms with Gasteiger partial charge in [0.05, 0.1) is 4.92 Å². The monoisotopic (exact) mass is 293 g/mol. The second-order valence-corrected chi connectivity index (χ2v) is 4.60. The number of benzene rings is 2.